The van der Waals surface area contributed by atoms with Crippen LogP contribution in [0.2, 0.25) is 0 Å². The average molecular weight is 296 g/mol. The minimum atomic E-state index is -1.28. The summed E-state index contributed by atoms with van der Waals surface area (Å²) in [4.78, 5) is 16.9. The van der Waals surface area contributed by atoms with E-state index < -0.39 is 11.9 Å². The largest absolute Gasteiger partial charge is 0.629 e. The molecule has 0 radical (unpaired) electrons. The van der Waals surface area contributed by atoms with Crippen LogP contribution in [0.3, 0.4) is 0 Å². The van der Waals surface area contributed by atoms with Gasteiger partial charge in [-0.05, 0) is 35.4 Å². The van der Waals surface area contributed by atoms with Gasteiger partial charge in [0, 0.05) is 12.1 Å². The Kier molecular flexibility index (Phi) is 3.84. The fourth-order valence-corrected chi connectivity index (χ4v) is 1.95. The van der Waals surface area contributed by atoms with E-state index >= 15 is 0 Å². The number of nitrogens with zero attached hydrogens (tertiary/aromatic N) is 4. The minimum Gasteiger partial charge on any atom is -0.629 e. The van der Waals surface area contributed by atoms with Crippen molar-refractivity contribution in [1.82, 2.24) is 0 Å². The maximum Gasteiger partial charge on any atom is 0.399 e. The first kappa shape index (κ1) is 14.7. The Bertz CT molecular complexity index is 848. The summed E-state index contributed by atoms with van der Waals surface area (Å²) in [6, 6.07) is 4.04. The number of rotatable bonds is 2. The number of allylic oxidation sites excluding steroid dienone is 5. The molecule has 8 nitrogen and oxygen atoms in total. The van der Waals surface area contributed by atoms with Crippen LogP contribution in [-0.2, 0) is 0 Å². The smallest absolute Gasteiger partial charge is 0.399 e. The molecular formula is C14H8N4O4. The predicted octanol–water partition coefficient (Wildman–Crippen LogP) is 1.62. The number of aromatic carboxylic acids is 1. The number of diazo groups is 1. The number of hydrogen-bond acceptors (Lipinski definition) is 4. The van der Waals surface area contributed by atoms with Gasteiger partial charge in [-0.1, -0.05) is 0 Å². The van der Waals surface area contributed by atoms with Gasteiger partial charge in [-0.3, -0.25) is 0 Å². The Balaban J connectivity index is 2.59. The summed E-state index contributed by atoms with van der Waals surface area (Å²) < 4.78 is 0. The summed E-state index contributed by atoms with van der Waals surface area (Å²) >= 11 is 0. The molecule has 0 fully saturated rings. The fourth-order valence-electron chi connectivity index (χ4n) is 1.95. The molecule has 22 heavy (non-hydrogen) atoms. The van der Waals surface area contributed by atoms with Crippen molar-refractivity contribution < 1.29 is 24.9 Å². The Labute approximate surface area is 123 Å². The zero-order valence-corrected chi connectivity index (χ0v) is 11.0. The van der Waals surface area contributed by atoms with E-state index in [2.05, 4.69) is 9.77 Å². The first-order chi connectivity index (χ1) is 10.5. The molecule has 108 valence electrons. The highest BCUT2D eigenvalue weighted by atomic mass is 16.5. The molecule has 0 aliphatic heterocycles. The molecule has 2 rings (SSSR count). The summed E-state index contributed by atoms with van der Waals surface area (Å²) in [7, 11) is 0. The molecule has 0 spiro atoms. The predicted molar refractivity (Wildman–Crippen MR) is 73.5 cm³/mol. The second-order valence-electron chi connectivity index (χ2n) is 4.27. The topological polar surface area (TPSA) is 145 Å². The lowest BCUT2D eigenvalue weighted by atomic mass is 9.94. The van der Waals surface area contributed by atoms with Gasteiger partial charge in [0.05, 0.1) is 11.5 Å². The Morgan fingerprint density at radius 2 is 2.00 bits per heavy atom. The van der Waals surface area contributed by atoms with Gasteiger partial charge in [-0.2, -0.15) is 4.79 Å². The summed E-state index contributed by atoms with van der Waals surface area (Å²) in [5.74, 6) is -2.56. The van der Waals surface area contributed by atoms with Gasteiger partial charge < -0.3 is 20.9 Å². The number of aliphatic hydroxyl groups excluding tert-OH is 1. The van der Waals surface area contributed by atoms with Crippen LogP contribution in [0.4, 0.5) is 5.69 Å². The highest BCUT2D eigenvalue weighted by molar-refractivity contribution is 6.12. The SMILES string of the molecule is N#[N+]c1ccc(C2=CC(=C([O-])O)C(=[N+]=[N-])C=C2)cc1C(=O)O. The third-order valence-corrected chi connectivity index (χ3v) is 3.00. The molecule has 1 aliphatic rings. The Morgan fingerprint density at radius 1 is 1.27 bits per heavy atom. The molecule has 2 N–H and O–H groups in total. The quantitative estimate of drug-likeness (QED) is 0.368. The Hall–Kier alpha value is -3.69. The van der Waals surface area contributed by atoms with E-state index in [0.29, 0.717) is 11.1 Å². The summed E-state index contributed by atoms with van der Waals surface area (Å²) in [5, 5.41) is 38.0. The monoisotopic (exact) mass is 296 g/mol. The van der Waals surface area contributed by atoms with E-state index in [4.69, 9.17) is 21.1 Å². The fraction of sp³-hybridized carbons (Fsp3) is 0. The number of aliphatic hydroxyl groups is 1. The highest BCUT2D eigenvalue weighted by Crippen LogP contribution is 2.28. The van der Waals surface area contributed by atoms with Crippen molar-refractivity contribution in [2.75, 3.05) is 0 Å². The Morgan fingerprint density at radius 3 is 2.55 bits per heavy atom. The normalized spacial score (nSPS) is 15.6. The third kappa shape index (κ3) is 2.60. The van der Waals surface area contributed by atoms with Gasteiger partial charge in [0.1, 0.15) is 0 Å². The number of carbonyl (C=O) groups is 1. The summed E-state index contributed by atoms with van der Waals surface area (Å²) in [6.45, 7) is 0. The second kappa shape index (κ2) is 5.75. The van der Waals surface area contributed by atoms with Crippen molar-refractivity contribution >= 4 is 22.9 Å². The van der Waals surface area contributed by atoms with Gasteiger partial charge in [0.15, 0.2) is 10.5 Å². The molecule has 0 saturated carbocycles. The minimum absolute atomic E-state index is 0.114. The van der Waals surface area contributed by atoms with Crippen LogP contribution in [-0.4, -0.2) is 26.7 Å². The van der Waals surface area contributed by atoms with Crippen LogP contribution >= 0.6 is 0 Å². The van der Waals surface area contributed by atoms with Crippen LogP contribution < -0.4 is 5.11 Å². The lowest BCUT2D eigenvalue weighted by molar-refractivity contribution is -0.349. The third-order valence-electron chi connectivity index (χ3n) is 3.00. The molecule has 0 heterocycles. The van der Waals surface area contributed by atoms with Crippen LogP contribution in [0.5, 0.6) is 0 Å². The zero-order valence-electron chi connectivity index (χ0n) is 11.0. The highest BCUT2D eigenvalue weighted by Gasteiger charge is 2.23. The molecule has 1 aliphatic carbocycles. The molecule has 1 aromatic rings. The van der Waals surface area contributed by atoms with Crippen molar-refractivity contribution in [3.8, 4) is 0 Å². The molecule has 0 saturated heterocycles. The molecule has 0 unspecified atom stereocenters. The second-order valence-corrected chi connectivity index (χ2v) is 4.27. The molecular weight excluding hydrogens is 288 g/mol. The van der Waals surface area contributed by atoms with Crippen molar-refractivity contribution in [2.45, 2.75) is 0 Å². The first-order valence-corrected chi connectivity index (χ1v) is 5.93. The maximum atomic E-state index is 11.1. The van der Waals surface area contributed by atoms with Crippen molar-refractivity contribution in [2.24, 2.45) is 0 Å². The van der Waals surface area contributed by atoms with Gasteiger partial charge in [-0.15, -0.1) is 0 Å². The molecule has 0 bridgehead atoms. The lowest BCUT2D eigenvalue weighted by Crippen LogP contribution is -2.14. The zero-order chi connectivity index (χ0) is 16.3. The standard InChI is InChI=1S/C14H8N4O4/c15-17-11-3-1-7(5-9(11)13(19)20)8-2-4-12(18-16)10(6-8)14(21)22/h1-6H,(H2-,19,20,21,22). The van der Waals surface area contributed by atoms with E-state index in [9.17, 15) is 9.90 Å². The van der Waals surface area contributed by atoms with Gasteiger partial charge in [0.25, 0.3) is 0 Å². The maximum absolute atomic E-state index is 11.1. The van der Waals surface area contributed by atoms with Crippen LogP contribution in [0.15, 0.2) is 47.9 Å². The number of carboxylic acid groups (broad SMARTS) is 1. The van der Waals surface area contributed by atoms with Crippen molar-refractivity contribution in [1.29, 1.82) is 5.39 Å². The average Bonchev–Trinajstić information content (AvgIpc) is 2.53. The summed E-state index contributed by atoms with van der Waals surface area (Å²) in [5.41, 5.74) is 8.90. The molecule has 1 aromatic carbocycles. The van der Waals surface area contributed by atoms with E-state index in [-0.39, 0.29) is 22.5 Å². The molecule has 0 atom stereocenters. The van der Waals surface area contributed by atoms with Gasteiger partial charge >= 0.3 is 17.4 Å². The van der Waals surface area contributed by atoms with Gasteiger partial charge in [0.2, 0.25) is 5.39 Å². The van der Waals surface area contributed by atoms with E-state index in [0.717, 1.165) is 0 Å². The van der Waals surface area contributed by atoms with Crippen LogP contribution in [0.25, 0.3) is 16.1 Å². The van der Waals surface area contributed by atoms with Crippen molar-refractivity contribution in [3.05, 3.63) is 69.6 Å². The van der Waals surface area contributed by atoms with Crippen LogP contribution in [0, 0.1) is 5.39 Å². The number of carboxylic acids is 1. The van der Waals surface area contributed by atoms with E-state index in [1.54, 1.807) is 0 Å². The first-order valence-electron chi connectivity index (χ1n) is 5.93. The van der Waals surface area contributed by atoms with E-state index in [1.165, 1.54) is 36.4 Å². The van der Waals surface area contributed by atoms with Crippen molar-refractivity contribution in [3.63, 3.8) is 0 Å². The number of benzene rings is 1. The number of hydrogen-bond donors (Lipinski definition) is 2. The molecule has 8 heteroatoms. The van der Waals surface area contributed by atoms with Crippen LogP contribution in [0.1, 0.15) is 15.9 Å². The van der Waals surface area contributed by atoms with Gasteiger partial charge in [-0.25, -0.2) is 4.79 Å². The van der Waals surface area contributed by atoms with E-state index in [1.807, 2.05) is 0 Å². The molecule has 0 amide bonds. The summed E-state index contributed by atoms with van der Waals surface area (Å²) in [6.07, 6.45) is 4.04. The lowest BCUT2D eigenvalue weighted by Gasteiger charge is -2.10. The molecule has 0 aromatic heterocycles.